The van der Waals surface area contributed by atoms with Crippen molar-refractivity contribution in [1.29, 1.82) is 0 Å². The lowest BCUT2D eigenvalue weighted by atomic mass is 10.1. The van der Waals surface area contributed by atoms with Crippen LogP contribution in [-0.4, -0.2) is 26.9 Å². The molecule has 0 bridgehead atoms. The van der Waals surface area contributed by atoms with Crippen molar-refractivity contribution in [3.8, 4) is 0 Å². The Hall–Kier alpha value is -1.52. The van der Waals surface area contributed by atoms with Crippen LogP contribution in [0.1, 0.15) is 16.1 Å². The average molecular weight is 296 g/mol. The minimum atomic E-state index is -0.136. The zero-order valence-corrected chi connectivity index (χ0v) is 11.5. The zero-order chi connectivity index (χ0) is 13.4. The van der Waals surface area contributed by atoms with Crippen LogP contribution in [-0.2, 0) is 13.1 Å². The molecule has 1 aromatic carbocycles. The molecule has 0 saturated heterocycles. The number of nitrogens with zero attached hydrogens (tertiary/aromatic N) is 3. The molecule has 0 spiro atoms. The molecule has 3 rings (SSSR count). The molecule has 0 fully saturated rings. The molecule has 0 radical (unpaired) electrons. The Morgan fingerprint density at radius 2 is 1.95 bits per heavy atom. The van der Waals surface area contributed by atoms with E-state index in [2.05, 4.69) is 4.98 Å². The summed E-state index contributed by atoms with van der Waals surface area (Å²) in [6, 6.07) is 5.08. The van der Waals surface area contributed by atoms with E-state index in [4.69, 9.17) is 23.2 Å². The summed E-state index contributed by atoms with van der Waals surface area (Å²) < 4.78 is 2.04. The quantitative estimate of drug-likeness (QED) is 0.811. The molecule has 4 nitrogen and oxygen atoms in total. The fourth-order valence-corrected chi connectivity index (χ4v) is 2.78. The first kappa shape index (κ1) is 12.5. The molecule has 1 aromatic heterocycles. The molecule has 0 atom stereocenters. The van der Waals surface area contributed by atoms with Gasteiger partial charge in [-0.1, -0.05) is 29.3 Å². The number of rotatable bonds is 1. The van der Waals surface area contributed by atoms with Crippen molar-refractivity contribution >= 4 is 29.1 Å². The average Bonchev–Trinajstić information content (AvgIpc) is 2.85. The largest absolute Gasteiger partial charge is 0.331 e. The summed E-state index contributed by atoms with van der Waals surface area (Å²) in [7, 11) is 0. The number of carbonyl (C=O) groups excluding carboxylic acids is 1. The summed E-state index contributed by atoms with van der Waals surface area (Å²) in [5.41, 5.74) is 1.39. The van der Waals surface area contributed by atoms with Crippen LogP contribution >= 0.6 is 23.2 Å². The van der Waals surface area contributed by atoms with Crippen LogP contribution in [0.5, 0.6) is 0 Å². The van der Waals surface area contributed by atoms with Crippen LogP contribution in [0.15, 0.2) is 30.7 Å². The molecule has 2 heterocycles. The van der Waals surface area contributed by atoms with Crippen molar-refractivity contribution in [3.05, 3.63) is 52.0 Å². The summed E-state index contributed by atoms with van der Waals surface area (Å²) >= 11 is 12.1. The fourth-order valence-electron chi connectivity index (χ4n) is 2.22. The highest BCUT2D eigenvalue weighted by Gasteiger charge is 2.24. The van der Waals surface area contributed by atoms with Crippen LogP contribution in [0, 0.1) is 0 Å². The van der Waals surface area contributed by atoms with E-state index < -0.39 is 0 Å². The number of hydrogen-bond donors (Lipinski definition) is 0. The van der Waals surface area contributed by atoms with Crippen molar-refractivity contribution in [3.63, 3.8) is 0 Å². The predicted molar refractivity (Wildman–Crippen MR) is 73.4 cm³/mol. The Bertz CT molecular complexity index is 618. The summed E-state index contributed by atoms with van der Waals surface area (Å²) in [5.74, 6) is -0.136. The van der Waals surface area contributed by atoms with E-state index in [1.165, 1.54) is 0 Å². The second-order valence-electron chi connectivity index (χ2n) is 4.40. The van der Waals surface area contributed by atoms with E-state index in [9.17, 15) is 4.79 Å². The number of fused-ring (bicyclic) bond motifs is 1. The maximum absolute atomic E-state index is 12.5. The second-order valence-corrected chi connectivity index (χ2v) is 5.22. The topological polar surface area (TPSA) is 38.1 Å². The molecule has 19 heavy (non-hydrogen) atoms. The number of aromatic nitrogens is 2. The van der Waals surface area contributed by atoms with Crippen LogP contribution in [0.4, 0.5) is 0 Å². The molecule has 0 saturated carbocycles. The lowest BCUT2D eigenvalue weighted by Crippen LogP contribution is -2.38. The van der Waals surface area contributed by atoms with Gasteiger partial charge in [0, 0.05) is 19.3 Å². The van der Waals surface area contributed by atoms with Crippen molar-refractivity contribution in [2.75, 3.05) is 6.54 Å². The molecule has 1 aliphatic heterocycles. The molecule has 0 unspecified atom stereocenters. The van der Waals surface area contributed by atoms with Gasteiger partial charge in [-0.3, -0.25) is 4.79 Å². The van der Waals surface area contributed by atoms with Crippen LogP contribution < -0.4 is 0 Å². The van der Waals surface area contributed by atoms with Gasteiger partial charge in [-0.25, -0.2) is 4.98 Å². The van der Waals surface area contributed by atoms with Gasteiger partial charge < -0.3 is 9.47 Å². The monoisotopic (exact) mass is 295 g/mol. The number of carbonyl (C=O) groups is 1. The zero-order valence-electron chi connectivity index (χ0n) is 10.0. The molecule has 6 heteroatoms. The van der Waals surface area contributed by atoms with E-state index in [1.54, 1.807) is 35.6 Å². The molecule has 1 amide bonds. The number of amides is 1. The van der Waals surface area contributed by atoms with Crippen molar-refractivity contribution < 1.29 is 4.79 Å². The molecule has 0 N–H and O–H groups in total. The smallest absolute Gasteiger partial charge is 0.257 e. The first-order chi connectivity index (χ1) is 9.16. The summed E-state index contributed by atoms with van der Waals surface area (Å²) in [6.45, 7) is 1.90. The minimum absolute atomic E-state index is 0.136. The third-order valence-electron chi connectivity index (χ3n) is 3.23. The summed E-state index contributed by atoms with van der Waals surface area (Å²) in [6.07, 6.45) is 3.55. The standard InChI is InChI=1S/C13H11Cl2N3O/c14-10-2-1-3-11(15)12(10)13(19)17-4-5-18-8-16-6-9(18)7-17/h1-3,6,8H,4-5,7H2. The van der Waals surface area contributed by atoms with Gasteiger partial charge in [-0.15, -0.1) is 0 Å². The molecule has 0 aliphatic carbocycles. The summed E-state index contributed by atoms with van der Waals surface area (Å²) in [4.78, 5) is 18.3. The second kappa shape index (κ2) is 4.87. The highest BCUT2D eigenvalue weighted by Crippen LogP contribution is 2.27. The molecule has 98 valence electrons. The van der Waals surface area contributed by atoms with Crippen molar-refractivity contribution in [2.45, 2.75) is 13.1 Å². The highest BCUT2D eigenvalue weighted by atomic mass is 35.5. The van der Waals surface area contributed by atoms with Crippen molar-refractivity contribution in [1.82, 2.24) is 14.5 Å². The number of benzene rings is 1. The van der Waals surface area contributed by atoms with Gasteiger partial charge in [0.25, 0.3) is 5.91 Å². The predicted octanol–water partition coefficient (Wildman–Crippen LogP) is 2.85. The van der Waals surface area contributed by atoms with Gasteiger partial charge in [0.2, 0.25) is 0 Å². The van der Waals surface area contributed by atoms with Crippen LogP contribution in [0.25, 0.3) is 0 Å². The minimum Gasteiger partial charge on any atom is -0.331 e. The van der Waals surface area contributed by atoms with Gasteiger partial charge in [0.1, 0.15) is 0 Å². The SMILES string of the molecule is O=C(c1c(Cl)cccc1Cl)N1CCn2cncc2C1. The lowest BCUT2D eigenvalue weighted by Gasteiger charge is -2.28. The van der Waals surface area contributed by atoms with E-state index in [0.717, 1.165) is 12.2 Å². The Morgan fingerprint density at radius 3 is 2.68 bits per heavy atom. The maximum Gasteiger partial charge on any atom is 0.257 e. The van der Waals surface area contributed by atoms with Gasteiger partial charge >= 0.3 is 0 Å². The Labute approximate surface area is 120 Å². The van der Waals surface area contributed by atoms with E-state index in [0.29, 0.717) is 28.7 Å². The van der Waals surface area contributed by atoms with Crippen molar-refractivity contribution in [2.24, 2.45) is 0 Å². The molecular weight excluding hydrogens is 285 g/mol. The number of imidazole rings is 1. The normalized spacial score (nSPS) is 14.3. The number of halogens is 2. The van der Waals surface area contributed by atoms with Gasteiger partial charge in [0.15, 0.2) is 0 Å². The first-order valence-corrected chi connectivity index (χ1v) is 6.64. The Morgan fingerprint density at radius 1 is 1.21 bits per heavy atom. The third kappa shape index (κ3) is 2.22. The Kier molecular flexibility index (Phi) is 3.21. The van der Waals surface area contributed by atoms with E-state index >= 15 is 0 Å². The maximum atomic E-state index is 12.5. The first-order valence-electron chi connectivity index (χ1n) is 5.89. The molecular formula is C13H11Cl2N3O. The molecule has 2 aromatic rings. The van der Waals surface area contributed by atoms with Gasteiger partial charge in [-0.05, 0) is 12.1 Å². The van der Waals surface area contributed by atoms with Crippen LogP contribution in [0.2, 0.25) is 10.0 Å². The Balaban J connectivity index is 1.90. The van der Waals surface area contributed by atoms with Gasteiger partial charge in [-0.2, -0.15) is 0 Å². The van der Waals surface area contributed by atoms with Gasteiger partial charge in [0.05, 0.1) is 34.2 Å². The summed E-state index contributed by atoms with van der Waals surface area (Å²) in [5, 5.41) is 0.771. The lowest BCUT2D eigenvalue weighted by molar-refractivity contribution is 0.0711. The fraction of sp³-hybridized carbons (Fsp3) is 0.231. The highest BCUT2D eigenvalue weighted by molar-refractivity contribution is 6.39. The van der Waals surface area contributed by atoms with E-state index in [1.807, 2.05) is 4.57 Å². The number of hydrogen-bond acceptors (Lipinski definition) is 2. The third-order valence-corrected chi connectivity index (χ3v) is 3.86. The van der Waals surface area contributed by atoms with Crippen LogP contribution in [0.3, 0.4) is 0 Å². The van der Waals surface area contributed by atoms with E-state index in [-0.39, 0.29) is 5.91 Å². The molecule has 1 aliphatic rings.